The second kappa shape index (κ2) is 8.67. The average Bonchev–Trinajstić information content (AvgIpc) is 3.00. The zero-order valence-electron chi connectivity index (χ0n) is 14.1. The molecule has 0 saturated heterocycles. The Balaban J connectivity index is 1.90. The molecule has 0 unspecified atom stereocenters. The molecule has 2 aromatic rings. The van der Waals surface area contributed by atoms with E-state index >= 15 is 0 Å². The first-order valence-corrected chi connectivity index (χ1v) is 9.04. The molecule has 5 heteroatoms. The summed E-state index contributed by atoms with van der Waals surface area (Å²) in [5.74, 6) is 0.127. The van der Waals surface area contributed by atoms with Crippen molar-refractivity contribution in [3.63, 3.8) is 0 Å². The van der Waals surface area contributed by atoms with Crippen LogP contribution in [0.4, 0.5) is 10.8 Å². The van der Waals surface area contributed by atoms with Gasteiger partial charge in [-0.05, 0) is 30.5 Å². The molecule has 0 bridgehead atoms. The van der Waals surface area contributed by atoms with Gasteiger partial charge in [-0.15, -0.1) is 11.3 Å². The van der Waals surface area contributed by atoms with Crippen LogP contribution in [0.2, 0.25) is 0 Å². The minimum absolute atomic E-state index is 0.127. The molecule has 23 heavy (non-hydrogen) atoms. The Bertz CT molecular complexity index is 621. The van der Waals surface area contributed by atoms with E-state index in [1.165, 1.54) is 16.9 Å². The SMILES string of the molecule is CCCCN(C)C(=O)Cc1csc(Nc2ccc(CC)cc2)n1. The Morgan fingerprint density at radius 3 is 2.65 bits per heavy atom. The van der Waals surface area contributed by atoms with Gasteiger partial charge in [-0.25, -0.2) is 4.98 Å². The van der Waals surface area contributed by atoms with Crippen LogP contribution in [0.3, 0.4) is 0 Å². The lowest BCUT2D eigenvalue weighted by Gasteiger charge is -2.15. The molecule has 0 fully saturated rings. The van der Waals surface area contributed by atoms with Crippen LogP contribution in [0, 0.1) is 0 Å². The van der Waals surface area contributed by atoms with Crippen LogP contribution in [0.15, 0.2) is 29.6 Å². The van der Waals surface area contributed by atoms with Crippen molar-refractivity contribution in [3.05, 3.63) is 40.9 Å². The van der Waals surface area contributed by atoms with E-state index in [0.717, 1.165) is 42.3 Å². The van der Waals surface area contributed by atoms with E-state index in [1.807, 2.05) is 12.4 Å². The summed E-state index contributed by atoms with van der Waals surface area (Å²) in [5, 5.41) is 6.07. The zero-order valence-corrected chi connectivity index (χ0v) is 14.9. The monoisotopic (exact) mass is 331 g/mol. The first-order valence-electron chi connectivity index (χ1n) is 8.16. The molecular formula is C18H25N3OS. The van der Waals surface area contributed by atoms with E-state index in [1.54, 1.807) is 4.90 Å². The summed E-state index contributed by atoms with van der Waals surface area (Å²) < 4.78 is 0. The lowest BCUT2D eigenvalue weighted by Crippen LogP contribution is -2.29. The molecule has 124 valence electrons. The van der Waals surface area contributed by atoms with Crippen LogP contribution in [0.5, 0.6) is 0 Å². The van der Waals surface area contributed by atoms with Crippen molar-refractivity contribution in [2.75, 3.05) is 18.9 Å². The average molecular weight is 331 g/mol. The van der Waals surface area contributed by atoms with Gasteiger partial charge in [-0.2, -0.15) is 0 Å². The van der Waals surface area contributed by atoms with Crippen molar-refractivity contribution in [2.24, 2.45) is 0 Å². The Hall–Kier alpha value is -1.88. The Kier molecular flexibility index (Phi) is 6.59. The van der Waals surface area contributed by atoms with Crippen LogP contribution in [-0.4, -0.2) is 29.4 Å². The first-order chi connectivity index (χ1) is 11.1. The van der Waals surface area contributed by atoms with Gasteiger partial charge < -0.3 is 10.2 Å². The summed E-state index contributed by atoms with van der Waals surface area (Å²) in [6.45, 7) is 5.09. The molecular weight excluding hydrogens is 306 g/mol. The quantitative estimate of drug-likeness (QED) is 0.786. The topological polar surface area (TPSA) is 45.2 Å². The molecule has 1 heterocycles. The van der Waals surface area contributed by atoms with E-state index in [0.29, 0.717) is 6.42 Å². The number of hydrogen-bond acceptors (Lipinski definition) is 4. The molecule has 0 aliphatic rings. The fraction of sp³-hybridized carbons (Fsp3) is 0.444. The normalized spacial score (nSPS) is 10.6. The maximum Gasteiger partial charge on any atom is 0.228 e. The number of carbonyl (C=O) groups is 1. The van der Waals surface area contributed by atoms with Crippen molar-refractivity contribution < 1.29 is 4.79 Å². The van der Waals surface area contributed by atoms with Crippen LogP contribution in [0.1, 0.15) is 37.9 Å². The van der Waals surface area contributed by atoms with Gasteiger partial charge >= 0.3 is 0 Å². The number of likely N-dealkylation sites (N-methyl/N-ethyl adjacent to an activating group) is 1. The number of benzene rings is 1. The largest absolute Gasteiger partial charge is 0.345 e. The number of thiazole rings is 1. The number of nitrogens with one attached hydrogen (secondary N) is 1. The maximum atomic E-state index is 12.1. The summed E-state index contributed by atoms with van der Waals surface area (Å²) in [5.41, 5.74) is 3.17. The van der Waals surface area contributed by atoms with Crippen LogP contribution in [0.25, 0.3) is 0 Å². The third kappa shape index (κ3) is 5.36. The molecule has 1 amide bonds. The lowest BCUT2D eigenvalue weighted by molar-refractivity contribution is -0.129. The highest BCUT2D eigenvalue weighted by molar-refractivity contribution is 7.13. The number of amides is 1. The Morgan fingerprint density at radius 1 is 1.26 bits per heavy atom. The summed E-state index contributed by atoms with van der Waals surface area (Å²) in [4.78, 5) is 18.4. The predicted octanol–water partition coefficient (Wildman–Crippen LogP) is 4.25. The molecule has 1 aromatic carbocycles. The number of aryl methyl sites for hydroxylation is 1. The van der Waals surface area contributed by atoms with Gasteiger partial charge in [0, 0.05) is 24.7 Å². The molecule has 0 spiro atoms. The van der Waals surface area contributed by atoms with Gasteiger partial charge in [-0.1, -0.05) is 32.4 Å². The highest BCUT2D eigenvalue weighted by Crippen LogP contribution is 2.21. The summed E-state index contributed by atoms with van der Waals surface area (Å²) in [6.07, 6.45) is 3.54. The number of unbranched alkanes of at least 4 members (excludes halogenated alkanes) is 1. The molecule has 0 radical (unpaired) electrons. The third-order valence-electron chi connectivity index (χ3n) is 3.77. The van der Waals surface area contributed by atoms with E-state index in [9.17, 15) is 4.79 Å². The van der Waals surface area contributed by atoms with Crippen molar-refractivity contribution in [2.45, 2.75) is 39.5 Å². The predicted molar refractivity (Wildman–Crippen MR) is 97.5 cm³/mol. The highest BCUT2D eigenvalue weighted by Gasteiger charge is 2.12. The number of aromatic nitrogens is 1. The summed E-state index contributed by atoms with van der Waals surface area (Å²) >= 11 is 1.53. The maximum absolute atomic E-state index is 12.1. The second-order valence-electron chi connectivity index (χ2n) is 5.67. The van der Waals surface area contributed by atoms with Gasteiger partial charge in [0.15, 0.2) is 5.13 Å². The van der Waals surface area contributed by atoms with Gasteiger partial charge in [0.05, 0.1) is 12.1 Å². The number of nitrogens with zero attached hydrogens (tertiary/aromatic N) is 2. The Morgan fingerprint density at radius 2 is 2.00 bits per heavy atom. The lowest BCUT2D eigenvalue weighted by atomic mass is 10.1. The summed E-state index contributed by atoms with van der Waals surface area (Å²) in [6, 6.07) is 8.35. The minimum Gasteiger partial charge on any atom is -0.345 e. The fourth-order valence-electron chi connectivity index (χ4n) is 2.20. The van der Waals surface area contributed by atoms with E-state index in [4.69, 9.17) is 0 Å². The highest BCUT2D eigenvalue weighted by atomic mass is 32.1. The van der Waals surface area contributed by atoms with Gasteiger partial charge in [0.2, 0.25) is 5.91 Å². The molecule has 0 saturated carbocycles. The number of carbonyl (C=O) groups excluding carboxylic acids is 1. The standard InChI is InChI=1S/C18H25N3OS/c1-4-6-11-21(3)17(22)12-16-13-23-18(20-16)19-15-9-7-14(5-2)8-10-15/h7-10,13H,4-6,11-12H2,1-3H3,(H,19,20). The van der Waals surface area contributed by atoms with Crippen molar-refractivity contribution in [1.82, 2.24) is 9.88 Å². The van der Waals surface area contributed by atoms with Crippen LogP contribution >= 0.6 is 11.3 Å². The van der Waals surface area contributed by atoms with Crippen LogP contribution in [-0.2, 0) is 17.6 Å². The van der Waals surface area contributed by atoms with E-state index < -0.39 is 0 Å². The van der Waals surface area contributed by atoms with E-state index in [-0.39, 0.29) is 5.91 Å². The van der Waals surface area contributed by atoms with Gasteiger partial charge in [0.1, 0.15) is 0 Å². The smallest absolute Gasteiger partial charge is 0.228 e. The van der Waals surface area contributed by atoms with Crippen molar-refractivity contribution >= 4 is 28.1 Å². The molecule has 0 aliphatic carbocycles. The van der Waals surface area contributed by atoms with Gasteiger partial charge in [-0.3, -0.25) is 4.79 Å². The first kappa shape index (κ1) is 17.5. The third-order valence-corrected chi connectivity index (χ3v) is 4.58. The molecule has 0 aliphatic heterocycles. The van der Waals surface area contributed by atoms with E-state index in [2.05, 4.69) is 48.4 Å². The zero-order chi connectivity index (χ0) is 16.7. The molecule has 1 N–H and O–H groups in total. The summed E-state index contributed by atoms with van der Waals surface area (Å²) in [7, 11) is 1.86. The molecule has 4 nitrogen and oxygen atoms in total. The minimum atomic E-state index is 0.127. The molecule has 0 atom stereocenters. The Labute approximate surface area is 142 Å². The molecule has 2 rings (SSSR count). The number of hydrogen-bond donors (Lipinski definition) is 1. The molecule has 1 aromatic heterocycles. The van der Waals surface area contributed by atoms with Gasteiger partial charge in [0.25, 0.3) is 0 Å². The number of rotatable bonds is 8. The van der Waals surface area contributed by atoms with Crippen molar-refractivity contribution in [1.29, 1.82) is 0 Å². The van der Waals surface area contributed by atoms with Crippen LogP contribution < -0.4 is 5.32 Å². The fourth-order valence-corrected chi connectivity index (χ4v) is 2.93. The van der Waals surface area contributed by atoms with Crippen molar-refractivity contribution in [3.8, 4) is 0 Å². The number of anilines is 2. The second-order valence-corrected chi connectivity index (χ2v) is 6.52.